The topological polar surface area (TPSA) is 0 Å². The summed E-state index contributed by atoms with van der Waals surface area (Å²) < 4.78 is 0. The first-order valence-corrected chi connectivity index (χ1v) is 16.4. The SMILES string of the molecule is CC1C=CC=CC1.CCc1ccccc1.Cc1ccc(-c2ccccc2)cc1.Cc1ccc2ccccc2c1.Cc1ccccc1. The zero-order chi connectivity index (χ0) is 32.8. The van der Waals surface area contributed by atoms with Gasteiger partial charge in [-0.3, -0.25) is 0 Å². The standard InChI is InChI=1S/C13H12.C11H10.C8H10.C7H10.C7H8/c1-11-7-9-13(10-8-11)12-5-3-2-4-6-12;1-9-6-7-10-4-2-3-5-11(10)8-9;1-2-8-6-4-3-5-7-8;2*1-7-5-3-2-4-6-7/h2-10H,1H3;2-8H,1H3;3-7H,2H2,1H3;2-5,7H,6H2,1H3;2-6H,1H3. The second-order valence-corrected chi connectivity index (χ2v) is 11.6. The normalized spacial score (nSPS) is 12.5. The number of rotatable bonds is 2. The van der Waals surface area contributed by atoms with Crippen molar-refractivity contribution in [3.63, 3.8) is 0 Å². The Morgan fingerprint density at radius 1 is 0.478 bits per heavy atom. The van der Waals surface area contributed by atoms with Gasteiger partial charge in [0.25, 0.3) is 0 Å². The molecule has 0 amide bonds. The lowest BCUT2D eigenvalue weighted by atomic mass is 10.0. The van der Waals surface area contributed by atoms with Crippen molar-refractivity contribution in [2.45, 2.75) is 47.5 Å². The van der Waals surface area contributed by atoms with Crippen LogP contribution >= 0.6 is 0 Å². The van der Waals surface area contributed by atoms with Crippen LogP contribution in [0.4, 0.5) is 0 Å². The predicted molar refractivity (Wildman–Crippen MR) is 204 cm³/mol. The molecule has 0 heterocycles. The molecule has 1 aliphatic carbocycles. The molecule has 46 heavy (non-hydrogen) atoms. The molecule has 234 valence electrons. The van der Waals surface area contributed by atoms with Crippen LogP contribution in [-0.2, 0) is 6.42 Å². The van der Waals surface area contributed by atoms with Gasteiger partial charge in [0.1, 0.15) is 0 Å². The molecule has 0 aliphatic heterocycles. The van der Waals surface area contributed by atoms with Crippen LogP contribution < -0.4 is 0 Å². The smallest absolute Gasteiger partial charge is 0.0181 e. The Morgan fingerprint density at radius 2 is 0.978 bits per heavy atom. The van der Waals surface area contributed by atoms with Gasteiger partial charge in [-0.2, -0.15) is 0 Å². The monoisotopic (exact) mass is 602 g/mol. The fraction of sp³-hybridized carbons (Fsp3) is 0.174. The van der Waals surface area contributed by atoms with E-state index in [1.807, 2.05) is 30.3 Å². The van der Waals surface area contributed by atoms with Crippen molar-refractivity contribution in [3.8, 4) is 11.1 Å². The van der Waals surface area contributed by atoms with Crippen LogP contribution in [0.25, 0.3) is 21.9 Å². The molecule has 0 spiro atoms. The molecule has 0 saturated heterocycles. The lowest BCUT2D eigenvalue weighted by molar-refractivity contribution is 0.737. The summed E-state index contributed by atoms with van der Waals surface area (Å²) in [5, 5.41) is 2.64. The lowest BCUT2D eigenvalue weighted by Gasteiger charge is -2.02. The van der Waals surface area contributed by atoms with Gasteiger partial charge in [-0.1, -0.05) is 213 Å². The summed E-state index contributed by atoms with van der Waals surface area (Å²) in [6, 6.07) is 54.7. The summed E-state index contributed by atoms with van der Waals surface area (Å²) in [5.41, 5.74) is 7.92. The van der Waals surface area contributed by atoms with E-state index in [2.05, 4.69) is 186 Å². The minimum atomic E-state index is 0.769. The van der Waals surface area contributed by atoms with Crippen molar-refractivity contribution >= 4 is 10.8 Å². The Bertz CT molecular complexity index is 1690. The Labute approximate surface area is 278 Å². The maximum absolute atomic E-state index is 2.22. The number of benzene rings is 6. The van der Waals surface area contributed by atoms with Gasteiger partial charge in [0.2, 0.25) is 0 Å². The van der Waals surface area contributed by atoms with Gasteiger partial charge in [-0.05, 0) is 67.0 Å². The largest absolute Gasteiger partial charge is 0.0840 e. The second-order valence-electron chi connectivity index (χ2n) is 11.6. The highest BCUT2D eigenvalue weighted by molar-refractivity contribution is 5.82. The van der Waals surface area contributed by atoms with Crippen molar-refractivity contribution in [2.75, 3.05) is 0 Å². The van der Waals surface area contributed by atoms with Gasteiger partial charge < -0.3 is 0 Å². The highest BCUT2D eigenvalue weighted by Gasteiger charge is 1.94. The lowest BCUT2D eigenvalue weighted by Crippen LogP contribution is -1.87. The third-order valence-corrected chi connectivity index (χ3v) is 7.45. The van der Waals surface area contributed by atoms with E-state index in [1.54, 1.807) is 0 Å². The molecule has 0 fully saturated rings. The van der Waals surface area contributed by atoms with E-state index in [-0.39, 0.29) is 0 Å². The molecule has 1 atom stereocenters. The van der Waals surface area contributed by atoms with Crippen molar-refractivity contribution in [1.82, 2.24) is 0 Å². The molecule has 0 nitrogen and oxygen atoms in total. The Morgan fingerprint density at radius 3 is 1.46 bits per heavy atom. The first-order valence-electron chi connectivity index (χ1n) is 16.4. The Hall–Kier alpha value is -4.94. The summed E-state index contributed by atoms with van der Waals surface area (Å²) in [7, 11) is 0. The zero-order valence-corrected chi connectivity index (χ0v) is 28.3. The minimum Gasteiger partial charge on any atom is -0.0840 e. The van der Waals surface area contributed by atoms with Crippen molar-refractivity contribution < 1.29 is 0 Å². The fourth-order valence-corrected chi connectivity index (χ4v) is 4.64. The highest BCUT2D eigenvalue weighted by atomic mass is 14.0. The Balaban J connectivity index is 0.000000160. The molecule has 0 radical (unpaired) electrons. The van der Waals surface area contributed by atoms with Crippen LogP contribution in [0.5, 0.6) is 0 Å². The number of allylic oxidation sites excluding steroid dienone is 4. The van der Waals surface area contributed by atoms with E-state index >= 15 is 0 Å². The third kappa shape index (κ3) is 14.2. The van der Waals surface area contributed by atoms with E-state index in [9.17, 15) is 0 Å². The predicted octanol–water partition coefficient (Wildman–Crippen LogP) is 13.2. The van der Waals surface area contributed by atoms with Crippen LogP contribution in [0.1, 0.15) is 42.5 Å². The second kappa shape index (κ2) is 20.9. The average Bonchev–Trinajstić information content (AvgIpc) is 3.11. The molecule has 1 unspecified atom stereocenters. The Kier molecular flexibility index (Phi) is 16.2. The number of aryl methyl sites for hydroxylation is 4. The zero-order valence-electron chi connectivity index (χ0n) is 28.3. The van der Waals surface area contributed by atoms with Crippen molar-refractivity contribution in [2.24, 2.45) is 5.92 Å². The molecule has 1 aliphatic rings. The molecule has 0 heteroatoms. The van der Waals surface area contributed by atoms with Crippen LogP contribution in [0.2, 0.25) is 0 Å². The van der Waals surface area contributed by atoms with Gasteiger partial charge in [0.05, 0.1) is 0 Å². The average molecular weight is 603 g/mol. The van der Waals surface area contributed by atoms with Crippen LogP contribution in [-0.4, -0.2) is 0 Å². The highest BCUT2D eigenvalue weighted by Crippen LogP contribution is 2.18. The quantitative estimate of drug-likeness (QED) is 0.185. The molecule has 6 aromatic carbocycles. The van der Waals surface area contributed by atoms with E-state index < -0.39 is 0 Å². The summed E-state index contributed by atoms with van der Waals surface area (Å²) in [5.74, 6) is 0.769. The van der Waals surface area contributed by atoms with Crippen molar-refractivity contribution in [3.05, 3.63) is 204 Å². The molecule has 0 bridgehead atoms. The summed E-state index contributed by atoms with van der Waals surface area (Å²) in [6.45, 7) is 10.7. The molecule has 0 saturated carbocycles. The molecule has 0 aromatic heterocycles. The van der Waals surface area contributed by atoms with Gasteiger partial charge in [-0.15, -0.1) is 0 Å². The number of fused-ring (bicyclic) bond motifs is 1. The first-order chi connectivity index (χ1) is 22.4. The number of hydrogen-bond donors (Lipinski definition) is 0. The molecule has 7 rings (SSSR count). The van der Waals surface area contributed by atoms with Gasteiger partial charge in [0, 0.05) is 0 Å². The first kappa shape index (κ1) is 35.5. The number of hydrogen-bond acceptors (Lipinski definition) is 0. The van der Waals surface area contributed by atoms with E-state index in [1.165, 1.54) is 50.6 Å². The summed E-state index contributed by atoms with van der Waals surface area (Å²) in [6.07, 6.45) is 11.0. The molecule has 0 N–H and O–H groups in total. The molecular weight excluding hydrogens is 553 g/mol. The maximum atomic E-state index is 2.22. The van der Waals surface area contributed by atoms with Gasteiger partial charge in [-0.25, -0.2) is 0 Å². The van der Waals surface area contributed by atoms with Gasteiger partial charge in [0.15, 0.2) is 0 Å². The van der Waals surface area contributed by atoms with Crippen LogP contribution in [0, 0.1) is 26.7 Å². The third-order valence-electron chi connectivity index (χ3n) is 7.45. The van der Waals surface area contributed by atoms with Crippen LogP contribution in [0.15, 0.2) is 182 Å². The van der Waals surface area contributed by atoms with E-state index in [0.29, 0.717) is 0 Å². The summed E-state index contributed by atoms with van der Waals surface area (Å²) in [4.78, 5) is 0. The van der Waals surface area contributed by atoms with Crippen molar-refractivity contribution in [1.29, 1.82) is 0 Å². The summed E-state index contributed by atoms with van der Waals surface area (Å²) >= 11 is 0. The maximum Gasteiger partial charge on any atom is -0.0181 e. The minimum absolute atomic E-state index is 0.769. The van der Waals surface area contributed by atoms with Gasteiger partial charge >= 0.3 is 0 Å². The van der Waals surface area contributed by atoms with Crippen LogP contribution in [0.3, 0.4) is 0 Å². The van der Waals surface area contributed by atoms with E-state index in [4.69, 9.17) is 0 Å². The molecule has 6 aromatic rings. The molecular formula is C46H50. The fourth-order valence-electron chi connectivity index (χ4n) is 4.64. The van der Waals surface area contributed by atoms with E-state index in [0.717, 1.165) is 12.3 Å².